The number of benzene rings is 1. The molecule has 1 saturated carbocycles. The third-order valence-electron chi connectivity index (χ3n) is 8.68. The van der Waals surface area contributed by atoms with Gasteiger partial charge in [-0.3, -0.25) is 9.69 Å². The van der Waals surface area contributed by atoms with Gasteiger partial charge in [0, 0.05) is 30.1 Å². The van der Waals surface area contributed by atoms with E-state index >= 15 is 0 Å². The van der Waals surface area contributed by atoms with Crippen molar-refractivity contribution in [2.45, 2.75) is 55.3 Å². The van der Waals surface area contributed by atoms with Gasteiger partial charge in [-0.2, -0.15) is 9.73 Å². The maximum absolute atomic E-state index is 13.4. The van der Waals surface area contributed by atoms with E-state index < -0.39 is 17.1 Å². The van der Waals surface area contributed by atoms with E-state index in [0.717, 1.165) is 24.2 Å². The summed E-state index contributed by atoms with van der Waals surface area (Å²) < 4.78 is 7.63. The zero-order chi connectivity index (χ0) is 21.4. The van der Waals surface area contributed by atoms with E-state index in [0.29, 0.717) is 35.8 Å². The third-order valence-corrected chi connectivity index (χ3v) is 8.68. The molecule has 1 spiro atoms. The molecule has 3 aromatic rings. The fourth-order valence-electron chi connectivity index (χ4n) is 7.14. The van der Waals surface area contributed by atoms with Gasteiger partial charge >= 0.3 is 0 Å². The Morgan fingerprint density at radius 3 is 3.03 bits per heavy atom. The first kappa shape index (κ1) is 17.6. The van der Waals surface area contributed by atoms with Crippen molar-refractivity contribution in [2.75, 3.05) is 13.1 Å². The van der Waals surface area contributed by atoms with Gasteiger partial charge in [-0.05, 0) is 55.0 Å². The average molecular weight is 434 g/mol. The number of aromatic nitrogens is 5. The second-order valence-electron chi connectivity index (χ2n) is 10.1. The quantitative estimate of drug-likeness (QED) is 0.522. The van der Waals surface area contributed by atoms with Gasteiger partial charge in [-0.25, -0.2) is 4.98 Å². The first-order valence-electron chi connectivity index (χ1n) is 11.3. The lowest BCUT2D eigenvalue weighted by atomic mass is 9.49. The van der Waals surface area contributed by atoms with Crippen molar-refractivity contribution >= 4 is 5.78 Å². The van der Waals surface area contributed by atoms with Crippen LogP contribution in [0.4, 0.5) is 0 Å². The number of tetrazole rings is 1. The molecule has 2 fully saturated rings. The average Bonchev–Trinajstić information content (AvgIpc) is 3.32. The summed E-state index contributed by atoms with van der Waals surface area (Å²) in [5.41, 5.74) is 0.690. The van der Waals surface area contributed by atoms with E-state index in [1.807, 2.05) is 6.07 Å². The number of ether oxygens (including phenoxy) is 1. The second kappa shape index (κ2) is 5.32. The molecule has 3 N–H and O–H groups in total. The van der Waals surface area contributed by atoms with Crippen molar-refractivity contribution < 1.29 is 14.9 Å². The lowest BCUT2D eigenvalue weighted by Gasteiger charge is -2.62. The van der Waals surface area contributed by atoms with Gasteiger partial charge in [0.15, 0.2) is 17.6 Å². The Balaban J connectivity index is 1.44. The van der Waals surface area contributed by atoms with Crippen LogP contribution in [0.2, 0.25) is 0 Å². The van der Waals surface area contributed by atoms with Crippen LogP contribution in [-0.2, 0) is 18.3 Å². The maximum Gasteiger partial charge on any atom is 0.279 e. The second-order valence-corrected chi connectivity index (χ2v) is 10.1. The largest absolute Gasteiger partial charge is 0.504 e. The van der Waals surface area contributed by atoms with Gasteiger partial charge < -0.3 is 14.9 Å². The molecule has 5 aliphatic rings. The van der Waals surface area contributed by atoms with Gasteiger partial charge in [0.1, 0.15) is 0 Å². The van der Waals surface area contributed by atoms with E-state index in [4.69, 9.17) is 4.74 Å². The number of likely N-dealkylation sites (tertiary alicyclic amines) is 1. The standard InChI is InChI=1S/C22H22N6O4/c29-13-4-3-11-7-14-22(31)8-12-16(23-20-24-25-26-28(20)19(12)30)18-21(22,15(11)17(13)32-18)5-6-27(14)9-10-1-2-10/h3-4,10,14,18,29,31H,1-2,5-9H2,(H,23,24,26)/t14-,18+,21+,22-/m1/s1. The van der Waals surface area contributed by atoms with Gasteiger partial charge in [0.2, 0.25) is 0 Å². The Morgan fingerprint density at radius 2 is 2.19 bits per heavy atom. The summed E-state index contributed by atoms with van der Waals surface area (Å²) in [6.45, 7) is 1.82. The molecule has 2 aromatic heterocycles. The van der Waals surface area contributed by atoms with Gasteiger partial charge in [0.05, 0.1) is 16.7 Å². The highest BCUT2D eigenvalue weighted by atomic mass is 16.5. The zero-order valence-electron chi connectivity index (χ0n) is 17.3. The predicted molar refractivity (Wildman–Crippen MR) is 110 cm³/mol. The molecular weight excluding hydrogens is 412 g/mol. The van der Waals surface area contributed by atoms with E-state index in [1.54, 1.807) is 6.07 Å². The SMILES string of the molecule is O=c1c2c(nc3nn[nH]n13)[C@@H]1Oc3c(O)ccc4c3[C@@]13CCN(CC1CC1)[C@H](C4)[C@]3(O)C2. The number of aliphatic hydroxyl groups is 1. The van der Waals surface area contributed by atoms with Gasteiger partial charge in [-0.1, -0.05) is 11.2 Å². The number of rotatable bonds is 2. The highest BCUT2D eigenvalue weighted by Gasteiger charge is 2.73. The van der Waals surface area contributed by atoms with E-state index in [-0.39, 0.29) is 29.5 Å². The van der Waals surface area contributed by atoms with Crippen molar-refractivity contribution in [1.82, 2.24) is 29.9 Å². The summed E-state index contributed by atoms with van der Waals surface area (Å²) in [5.74, 6) is 1.36. The van der Waals surface area contributed by atoms with Gasteiger partial charge in [-0.15, -0.1) is 0 Å². The molecule has 164 valence electrons. The minimum absolute atomic E-state index is 0.0644. The first-order chi connectivity index (χ1) is 15.5. The normalized spacial score (nSPS) is 34.3. The molecule has 1 saturated heterocycles. The number of hydrogen-bond donors (Lipinski definition) is 3. The number of nitrogens with zero attached hydrogens (tertiary/aromatic N) is 5. The Morgan fingerprint density at radius 1 is 1.31 bits per heavy atom. The number of nitrogens with one attached hydrogen (secondary N) is 1. The summed E-state index contributed by atoms with van der Waals surface area (Å²) in [6, 6.07) is 3.52. The Bertz CT molecular complexity index is 1400. The van der Waals surface area contributed by atoms with Crippen LogP contribution in [0.25, 0.3) is 5.78 Å². The van der Waals surface area contributed by atoms with Crippen molar-refractivity contribution in [1.29, 1.82) is 0 Å². The lowest BCUT2D eigenvalue weighted by Crippen LogP contribution is -2.75. The molecule has 1 aromatic carbocycles. The lowest BCUT2D eigenvalue weighted by molar-refractivity contribution is -0.173. The number of phenols is 1. The monoisotopic (exact) mass is 434 g/mol. The molecule has 3 aliphatic carbocycles. The molecule has 4 heterocycles. The summed E-state index contributed by atoms with van der Waals surface area (Å²) in [7, 11) is 0. The van der Waals surface area contributed by atoms with Crippen LogP contribution in [0.3, 0.4) is 0 Å². The number of fused-ring (bicyclic) bond motifs is 3. The molecule has 10 heteroatoms. The van der Waals surface area contributed by atoms with E-state index in [9.17, 15) is 15.0 Å². The Labute approximate surface area is 181 Å². The maximum atomic E-state index is 13.4. The molecule has 0 unspecified atom stereocenters. The van der Waals surface area contributed by atoms with Crippen LogP contribution >= 0.6 is 0 Å². The van der Waals surface area contributed by atoms with Crippen molar-refractivity contribution in [3.63, 3.8) is 0 Å². The molecule has 2 aliphatic heterocycles. The van der Waals surface area contributed by atoms with Crippen LogP contribution in [0.15, 0.2) is 16.9 Å². The van der Waals surface area contributed by atoms with Crippen LogP contribution in [0.1, 0.15) is 47.8 Å². The number of hydrogen-bond acceptors (Lipinski definition) is 8. The van der Waals surface area contributed by atoms with Crippen molar-refractivity contribution in [3.8, 4) is 11.5 Å². The smallest absolute Gasteiger partial charge is 0.279 e. The molecule has 32 heavy (non-hydrogen) atoms. The summed E-state index contributed by atoms with van der Waals surface area (Å²) in [4.78, 5) is 20.4. The number of H-pyrrole nitrogens is 1. The minimum atomic E-state index is -1.20. The summed E-state index contributed by atoms with van der Waals surface area (Å²) in [5, 5.41) is 33.5. The van der Waals surface area contributed by atoms with E-state index in [1.165, 1.54) is 17.4 Å². The van der Waals surface area contributed by atoms with Gasteiger partial charge in [0.25, 0.3) is 11.3 Å². The van der Waals surface area contributed by atoms with Crippen LogP contribution in [-0.4, -0.2) is 64.9 Å². The molecule has 0 radical (unpaired) electrons. The fourth-order valence-corrected chi connectivity index (χ4v) is 7.14. The molecule has 10 nitrogen and oxygen atoms in total. The number of aromatic hydroxyl groups is 1. The Kier molecular flexibility index (Phi) is 2.92. The molecule has 4 atom stereocenters. The van der Waals surface area contributed by atoms with Crippen LogP contribution in [0, 0.1) is 5.92 Å². The van der Waals surface area contributed by atoms with Crippen LogP contribution < -0.4 is 10.3 Å². The summed E-state index contributed by atoms with van der Waals surface area (Å²) in [6.07, 6.45) is 3.37. The number of piperidine rings is 1. The molecule has 8 rings (SSSR count). The summed E-state index contributed by atoms with van der Waals surface area (Å²) >= 11 is 0. The highest BCUT2D eigenvalue weighted by Crippen LogP contribution is 2.68. The van der Waals surface area contributed by atoms with E-state index in [2.05, 4.69) is 25.4 Å². The van der Waals surface area contributed by atoms with Crippen LogP contribution in [0.5, 0.6) is 11.5 Å². The Hall–Kier alpha value is -2.98. The third kappa shape index (κ3) is 1.79. The number of phenolic OH excluding ortho intramolecular Hbond substituents is 1. The fraction of sp³-hybridized carbons (Fsp3) is 0.545. The molecule has 2 bridgehead atoms. The first-order valence-corrected chi connectivity index (χ1v) is 11.3. The number of aromatic amines is 1. The highest BCUT2D eigenvalue weighted by molar-refractivity contribution is 5.64. The molecular formula is C22H22N6O4. The zero-order valence-corrected chi connectivity index (χ0v) is 17.3. The molecule has 0 amide bonds. The minimum Gasteiger partial charge on any atom is -0.504 e. The predicted octanol–water partition coefficient (Wildman–Crippen LogP) is 0.217. The van der Waals surface area contributed by atoms with Crippen molar-refractivity contribution in [3.05, 3.63) is 44.9 Å². The van der Waals surface area contributed by atoms with Crippen molar-refractivity contribution in [2.24, 2.45) is 5.92 Å². The topological polar surface area (TPSA) is 129 Å².